The molecule has 0 aromatic carbocycles. The van der Waals surface area contributed by atoms with Gasteiger partial charge in [-0.2, -0.15) is 0 Å². The van der Waals surface area contributed by atoms with Gasteiger partial charge in [0.2, 0.25) is 0 Å². The quantitative estimate of drug-likeness (QED) is 0.744. The number of hydrogen-bond acceptors (Lipinski definition) is 4. The van der Waals surface area contributed by atoms with E-state index in [1.165, 1.54) is 12.8 Å². The van der Waals surface area contributed by atoms with Gasteiger partial charge in [-0.15, -0.1) is 0 Å². The van der Waals surface area contributed by atoms with Crippen LogP contribution < -0.4 is 5.32 Å². The summed E-state index contributed by atoms with van der Waals surface area (Å²) >= 11 is 0. The Bertz CT molecular complexity index is 428. The number of sulfone groups is 1. The van der Waals surface area contributed by atoms with E-state index >= 15 is 0 Å². The fourth-order valence-electron chi connectivity index (χ4n) is 3.60. The SMILES string of the molecule is CCCS(=O)(=O)CCN1CC(CC)(CC)NCC1C1CC1. The molecule has 0 bridgehead atoms. The van der Waals surface area contributed by atoms with Crippen molar-refractivity contribution in [2.75, 3.05) is 31.1 Å². The van der Waals surface area contributed by atoms with Gasteiger partial charge in [0, 0.05) is 37.0 Å². The van der Waals surface area contributed by atoms with Crippen molar-refractivity contribution in [1.29, 1.82) is 0 Å². The molecule has 1 N–H and O–H groups in total. The van der Waals surface area contributed by atoms with E-state index in [0.29, 0.717) is 24.1 Å². The summed E-state index contributed by atoms with van der Waals surface area (Å²) in [6.07, 6.45) is 5.58. The Morgan fingerprint density at radius 3 is 2.33 bits per heavy atom. The lowest BCUT2D eigenvalue weighted by Gasteiger charge is -2.48. The first kappa shape index (κ1) is 17.2. The van der Waals surface area contributed by atoms with Gasteiger partial charge in [-0.3, -0.25) is 4.90 Å². The van der Waals surface area contributed by atoms with Crippen molar-refractivity contribution >= 4 is 9.84 Å². The Balaban J connectivity index is 2.00. The maximum absolute atomic E-state index is 12.0. The molecule has 1 atom stereocenters. The first-order chi connectivity index (χ1) is 9.95. The Morgan fingerprint density at radius 1 is 1.14 bits per heavy atom. The van der Waals surface area contributed by atoms with Crippen molar-refractivity contribution in [2.45, 2.75) is 64.5 Å². The second kappa shape index (κ2) is 6.97. The third kappa shape index (κ3) is 4.42. The highest BCUT2D eigenvalue weighted by Gasteiger charge is 2.43. The fourth-order valence-corrected chi connectivity index (χ4v) is 4.93. The van der Waals surface area contributed by atoms with E-state index in [2.05, 4.69) is 24.1 Å². The van der Waals surface area contributed by atoms with Crippen molar-refractivity contribution in [2.24, 2.45) is 5.92 Å². The van der Waals surface area contributed by atoms with Crippen molar-refractivity contribution in [3.63, 3.8) is 0 Å². The molecule has 1 unspecified atom stereocenters. The van der Waals surface area contributed by atoms with E-state index in [9.17, 15) is 8.42 Å². The van der Waals surface area contributed by atoms with E-state index in [4.69, 9.17) is 0 Å². The Kier molecular flexibility index (Phi) is 5.71. The molecule has 1 aliphatic carbocycles. The minimum Gasteiger partial charge on any atom is -0.308 e. The normalized spacial score (nSPS) is 26.9. The highest BCUT2D eigenvalue weighted by Crippen LogP contribution is 2.38. The van der Waals surface area contributed by atoms with Crippen LogP contribution in [0.25, 0.3) is 0 Å². The molecule has 2 aliphatic rings. The number of nitrogens with one attached hydrogen (secondary N) is 1. The Morgan fingerprint density at radius 2 is 1.81 bits per heavy atom. The minimum atomic E-state index is -2.87. The van der Waals surface area contributed by atoms with Gasteiger partial charge in [0.05, 0.1) is 5.75 Å². The van der Waals surface area contributed by atoms with E-state index in [1.54, 1.807) is 0 Å². The van der Waals surface area contributed by atoms with E-state index < -0.39 is 9.84 Å². The fraction of sp³-hybridized carbons (Fsp3) is 1.00. The minimum absolute atomic E-state index is 0.180. The predicted molar refractivity (Wildman–Crippen MR) is 88.3 cm³/mol. The maximum Gasteiger partial charge on any atom is 0.151 e. The van der Waals surface area contributed by atoms with Crippen LogP contribution in [0.15, 0.2) is 0 Å². The van der Waals surface area contributed by atoms with Crippen LogP contribution in [0.5, 0.6) is 0 Å². The second-order valence-electron chi connectivity index (χ2n) is 6.90. The zero-order valence-corrected chi connectivity index (χ0v) is 14.7. The third-order valence-corrected chi connectivity index (χ3v) is 7.22. The molecule has 0 aromatic rings. The van der Waals surface area contributed by atoms with Crippen LogP contribution in [0.3, 0.4) is 0 Å². The molecular weight excluding hydrogens is 284 g/mol. The molecule has 1 saturated carbocycles. The van der Waals surface area contributed by atoms with Gasteiger partial charge in [0.1, 0.15) is 0 Å². The lowest BCUT2D eigenvalue weighted by molar-refractivity contribution is 0.0672. The van der Waals surface area contributed by atoms with Crippen LogP contribution in [0, 0.1) is 5.92 Å². The molecule has 0 radical (unpaired) electrons. The number of nitrogens with zero attached hydrogens (tertiary/aromatic N) is 1. The monoisotopic (exact) mass is 316 g/mol. The molecule has 0 aromatic heterocycles. The summed E-state index contributed by atoms with van der Waals surface area (Å²) in [7, 11) is -2.87. The first-order valence-electron chi connectivity index (χ1n) is 8.64. The topological polar surface area (TPSA) is 49.4 Å². The van der Waals surface area contributed by atoms with Crippen LogP contribution in [-0.4, -0.2) is 56.0 Å². The average molecular weight is 317 g/mol. The molecule has 2 fully saturated rings. The molecule has 0 spiro atoms. The molecule has 124 valence electrons. The van der Waals surface area contributed by atoms with Crippen LogP contribution in [-0.2, 0) is 9.84 Å². The second-order valence-corrected chi connectivity index (χ2v) is 9.20. The molecule has 1 heterocycles. The summed E-state index contributed by atoms with van der Waals surface area (Å²) in [5, 5.41) is 3.76. The zero-order valence-electron chi connectivity index (χ0n) is 13.9. The van der Waals surface area contributed by atoms with Gasteiger partial charge >= 0.3 is 0 Å². The summed E-state index contributed by atoms with van der Waals surface area (Å²) < 4.78 is 24.0. The maximum atomic E-state index is 12.0. The molecule has 5 heteroatoms. The largest absolute Gasteiger partial charge is 0.308 e. The zero-order chi connectivity index (χ0) is 15.5. The molecule has 21 heavy (non-hydrogen) atoms. The third-order valence-electron chi connectivity index (χ3n) is 5.39. The van der Waals surface area contributed by atoms with Gasteiger partial charge in [-0.05, 0) is 38.0 Å². The summed E-state index contributed by atoms with van der Waals surface area (Å²) in [5.41, 5.74) is 0.180. The van der Waals surface area contributed by atoms with Gasteiger partial charge in [0.15, 0.2) is 9.84 Å². The highest BCUT2D eigenvalue weighted by molar-refractivity contribution is 7.91. The van der Waals surface area contributed by atoms with Crippen molar-refractivity contribution in [1.82, 2.24) is 10.2 Å². The van der Waals surface area contributed by atoms with E-state index in [0.717, 1.165) is 38.3 Å². The highest BCUT2D eigenvalue weighted by atomic mass is 32.2. The van der Waals surface area contributed by atoms with Crippen LogP contribution in [0.1, 0.15) is 52.9 Å². The van der Waals surface area contributed by atoms with Gasteiger partial charge in [-0.25, -0.2) is 8.42 Å². The van der Waals surface area contributed by atoms with Crippen molar-refractivity contribution in [3.8, 4) is 0 Å². The molecule has 1 saturated heterocycles. The Hall–Kier alpha value is -0.130. The molecular formula is C16H32N2O2S. The van der Waals surface area contributed by atoms with Crippen LogP contribution in [0.2, 0.25) is 0 Å². The van der Waals surface area contributed by atoms with Gasteiger partial charge < -0.3 is 5.32 Å². The first-order valence-corrected chi connectivity index (χ1v) is 10.5. The molecule has 4 nitrogen and oxygen atoms in total. The Labute approximate surface area is 130 Å². The van der Waals surface area contributed by atoms with E-state index in [1.807, 2.05) is 6.92 Å². The summed E-state index contributed by atoms with van der Waals surface area (Å²) in [5.74, 6) is 1.45. The van der Waals surface area contributed by atoms with Gasteiger partial charge in [0.25, 0.3) is 0 Å². The van der Waals surface area contributed by atoms with E-state index in [-0.39, 0.29) is 5.54 Å². The number of hydrogen-bond donors (Lipinski definition) is 1. The predicted octanol–water partition coefficient (Wildman–Crippen LogP) is 2.05. The van der Waals surface area contributed by atoms with Gasteiger partial charge in [-0.1, -0.05) is 20.8 Å². The molecule has 2 rings (SSSR count). The summed E-state index contributed by atoms with van der Waals surface area (Å²) in [4.78, 5) is 2.48. The molecule has 1 aliphatic heterocycles. The summed E-state index contributed by atoms with van der Waals surface area (Å²) in [6.45, 7) is 9.16. The van der Waals surface area contributed by atoms with Crippen LogP contribution in [0.4, 0.5) is 0 Å². The summed E-state index contributed by atoms with van der Waals surface area (Å²) in [6, 6.07) is 0.549. The standard InChI is InChI=1S/C16H32N2O2S/c1-4-10-21(19,20)11-9-18-13-16(5-2,6-3)17-12-15(18)14-7-8-14/h14-15,17H,4-13H2,1-3H3. The van der Waals surface area contributed by atoms with Crippen molar-refractivity contribution in [3.05, 3.63) is 0 Å². The smallest absolute Gasteiger partial charge is 0.151 e. The number of rotatable bonds is 8. The van der Waals surface area contributed by atoms with Crippen molar-refractivity contribution < 1.29 is 8.42 Å². The average Bonchev–Trinajstić information content (AvgIpc) is 3.29. The van der Waals surface area contributed by atoms with Crippen LogP contribution >= 0.6 is 0 Å². The lowest BCUT2D eigenvalue weighted by atomic mass is 9.87. The molecule has 0 amide bonds. The lowest BCUT2D eigenvalue weighted by Crippen LogP contribution is -2.64. The number of piperazine rings is 1.